The highest BCUT2D eigenvalue weighted by atomic mass is 32.2. The molecule has 2 rings (SSSR count). The van der Waals surface area contributed by atoms with Gasteiger partial charge >= 0.3 is 0 Å². The molecule has 0 spiro atoms. The van der Waals surface area contributed by atoms with Gasteiger partial charge in [0, 0.05) is 38.7 Å². The Labute approximate surface area is 150 Å². The summed E-state index contributed by atoms with van der Waals surface area (Å²) in [5.74, 6) is -0.159. The Morgan fingerprint density at radius 1 is 1.24 bits per heavy atom. The zero-order valence-corrected chi connectivity index (χ0v) is 16.5. The number of piperidine rings is 1. The summed E-state index contributed by atoms with van der Waals surface area (Å²) >= 11 is 0. The molecule has 0 aromatic carbocycles. The molecule has 2 aliphatic rings. The van der Waals surface area contributed by atoms with E-state index in [1.165, 1.54) is 11.4 Å². The summed E-state index contributed by atoms with van der Waals surface area (Å²) in [6.07, 6.45) is 1.44. The molecular weight excluding hydrogens is 368 g/mol. The van der Waals surface area contributed by atoms with Crippen molar-refractivity contribution < 1.29 is 26.4 Å². The van der Waals surface area contributed by atoms with E-state index >= 15 is 0 Å². The predicted octanol–water partition coefficient (Wildman–Crippen LogP) is -0.290. The maximum absolute atomic E-state index is 12.8. The van der Waals surface area contributed by atoms with E-state index in [1.807, 2.05) is 6.92 Å². The molecule has 0 bridgehead atoms. The van der Waals surface area contributed by atoms with Crippen molar-refractivity contribution in [2.75, 3.05) is 50.6 Å². The van der Waals surface area contributed by atoms with Crippen molar-refractivity contribution in [3.05, 3.63) is 0 Å². The number of hydrogen-bond donors (Lipinski definition) is 0. The smallest absolute Gasteiger partial charge is 0.226 e. The number of ether oxygens (including phenoxy) is 1. The molecule has 10 heteroatoms. The lowest BCUT2D eigenvalue weighted by Gasteiger charge is -2.35. The molecule has 0 saturated carbocycles. The topological polar surface area (TPSA) is 101 Å². The van der Waals surface area contributed by atoms with Crippen LogP contribution in [0.25, 0.3) is 0 Å². The minimum absolute atomic E-state index is 0.0385. The minimum atomic E-state index is -3.35. The van der Waals surface area contributed by atoms with Crippen molar-refractivity contribution in [1.82, 2.24) is 9.21 Å². The first kappa shape index (κ1) is 20.6. The average molecular weight is 397 g/mol. The van der Waals surface area contributed by atoms with Crippen molar-refractivity contribution in [2.24, 2.45) is 5.92 Å². The van der Waals surface area contributed by atoms with Crippen LogP contribution in [0.3, 0.4) is 0 Å². The molecular formula is C15H28N2O6S2. The van der Waals surface area contributed by atoms with Crippen molar-refractivity contribution in [3.63, 3.8) is 0 Å². The molecule has 8 nitrogen and oxygen atoms in total. The highest BCUT2D eigenvalue weighted by Crippen LogP contribution is 2.25. The van der Waals surface area contributed by atoms with E-state index < -0.39 is 19.9 Å². The Morgan fingerprint density at radius 2 is 1.88 bits per heavy atom. The molecule has 146 valence electrons. The van der Waals surface area contributed by atoms with Gasteiger partial charge in [0.15, 0.2) is 9.84 Å². The summed E-state index contributed by atoms with van der Waals surface area (Å²) in [5, 5.41) is 0. The van der Waals surface area contributed by atoms with Crippen LogP contribution in [0.4, 0.5) is 0 Å². The summed E-state index contributed by atoms with van der Waals surface area (Å²) in [4.78, 5) is 14.5. The van der Waals surface area contributed by atoms with Crippen LogP contribution in [-0.4, -0.2) is 88.6 Å². The summed E-state index contributed by atoms with van der Waals surface area (Å²) in [6, 6.07) is -0.244. The van der Waals surface area contributed by atoms with Crippen molar-refractivity contribution in [1.29, 1.82) is 0 Å². The molecule has 0 aliphatic carbocycles. The fourth-order valence-electron chi connectivity index (χ4n) is 3.55. The highest BCUT2D eigenvalue weighted by Gasteiger charge is 2.38. The summed E-state index contributed by atoms with van der Waals surface area (Å²) in [6.45, 7) is 3.13. The van der Waals surface area contributed by atoms with Gasteiger partial charge in [-0.15, -0.1) is 0 Å². The number of rotatable bonds is 7. The summed E-state index contributed by atoms with van der Waals surface area (Å²) in [5.41, 5.74) is 0. The second kappa shape index (κ2) is 8.32. The van der Waals surface area contributed by atoms with Crippen LogP contribution < -0.4 is 0 Å². The Morgan fingerprint density at radius 3 is 2.36 bits per heavy atom. The van der Waals surface area contributed by atoms with Gasteiger partial charge in [-0.05, 0) is 26.2 Å². The van der Waals surface area contributed by atoms with Gasteiger partial charge in [0.25, 0.3) is 0 Å². The van der Waals surface area contributed by atoms with Gasteiger partial charge in [0.2, 0.25) is 15.9 Å². The summed E-state index contributed by atoms with van der Waals surface area (Å²) < 4.78 is 54.0. The van der Waals surface area contributed by atoms with Crippen LogP contribution in [0.15, 0.2) is 0 Å². The minimum Gasteiger partial charge on any atom is -0.384 e. The van der Waals surface area contributed by atoms with Crippen LogP contribution in [0.2, 0.25) is 0 Å². The quantitative estimate of drug-likeness (QED) is 0.586. The van der Waals surface area contributed by atoms with Crippen molar-refractivity contribution in [3.8, 4) is 0 Å². The lowest BCUT2D eigenvalue weighted by atomic mass is 9.95. The van der Waals surface area contributed by atoms with E-state index in [0.29, 0.717) is 38.9 Å². The Kier molecular flexibility index (Phi) is 6.86. The van der Waals surface area contributed by atoms with E-state index in [9.17, 15) is 21.6 Å². The van der Waals surface area contributed by atoms with Crippen molar-refractivity contribution >= 4 is 25.8 Å². The molecule has 25 heavy (non-hydrogen) atoms. The van der Waals surface area contributed by atoms with Crippen LogP contribution in [0, 0.1) is 5.92 Å². The van der Waals surface area contributed by atoms with Crippen molar-refractivity contribution in [2.45, 2.75) is 32.2 Å². The maximum Gasteiger partial charge on any atom is 0.226 e. The second-order valence-electron chi connectivity index (χ2n) is 6.66. The lowest BCUT2D eigenvalue weighted by molar-refractivity contribution is -0.138. The number of methoxy groups -OCH3 is 1. The number of carbonyl (C=O) groups is 1. The third kappa shape index (κ3) is 5.15. The lowest BCUT2D eigenvalue weighted by Crippen LogP contribution is -2.48. The summed E-state index contributed by atoms with van der Waals surface area (Å²) in [7, 11) is -4.93. The van der Waals surface area contributed by atoms with Gasteiger partial charge in [-0.3, -0.25) is 4.79 Å². The van der Waals surface area contributed by atoms with Gasteiger partial charge in [0.05, 0.1) is 23.9 Å². The third-order valence-corrected chi connectivity index (χ3v) is 8.60. The highest BCUT2D eigenvalue weighted by molar-refractivity contribution is 7.91. The fraction of sp³-hybridized carbons (Fsp3) is 0.933. The van der Waals surface area contributed by atoms with Crippen LogP contribution in [-0.2, 0) is 29.4 Å². The van der Waals surface area contributed by atoms with Crippen LogP contribution >= 0.6 is 0 Å². The molecule has 2 fully saturated rings. The zero-order chi connectivity index (χ0) is 18.7. The van der Waals surface area contributed by atoms with Gasteiger partial charge in [-0.1, -0.05) is 0 Å². The fourth-order valence-corrected chi connectivity index (χ4v) is 6.68. The third-order valence-electron chi connectivity index (χ3n) is 5.01. The molecule has 2 saturated heterocycles. The molecule has 0 aromatic heterocycles. The Balaban J connectivity index is 1.94. The molecule has 1 unspecified atom stereocenters. The number of amides is 1. The van der Waals surface area contributed by atoms with E-state index in [4.69, 9.17) is 4.74 Å². The SMILES string of the molecule is CCN(C(=O)C1CCN(S(=O)(=O)CCOC)CC1)C1CCS(=O)(=O)C1. The van der Waals surface area contributed by atoms with Gasteiger partial charge in [0.1, 0.15) is 0 Å². The van der Waals surface area contributed by atoms with E-state index in [-0.39, 0.29) is 41.7 Å². The van der Waals surface area contributed by atoms with Crippen LogP contribution in [0.5, 0.6) is 0 Å². The molecule has 1 atom stereocenters. The number of nitrogens with zero attached hydrogens (tertiary/aromatic N) is 2. The van der Waals surface area contributed by atoms with Gasteiger partial charge in [-0.2, -0.15) is 0 Å². The monoisotopic (exact) mass is 396 g/mol. The zero-order valence-electron chi connectivity index (χ0n) is 14.9. The van der Waals surface area contributed by atoms with E-state index in [1.54, 1.807) is 4.90 Å². The van der Waals surface area contributed by atoms with Gasteiger partial charge < -0.3 is 9.64 Å². The molecule has 0 aromatic rings. The molecule has 2 aliphatic heterocycles. The van der Waals surface area contributed by atoms with Crippen LogP contribution in [0.1, 0.15) is 26.2 Å². The van der Waals surface area contributed by atoms with E-state index in [2.05, 4.69) is 0 Å². The second-order valence-corrected chi connectivity index (χ2v) is 11.0. The molecule has 1 amide bonds. The molecule has 2 heterocycles. The number of carbonyl (C=O) groups excluding carboxylic acids is 1. The standard InChI is InChI=1S/C15H28N2O6S2/c1-3-17(14-6-10-24(19,20)12-14)15(18)13-4-7-16(8-5-13)25(21,22)11-9-23-2/h13-14H,3-12H2,1-2H3. The number of sulfonamides is 1. The molecule has 0 N–H and O–H groups in total. The maximum atomic E-state index is 12.8. The normalized spacial score (nSPS) is 25.1. The number of hydrogen-bond acceptors (Lipinski definition) is 6. The first-order chi connectivity index (χ1) is 11.7. The predicted molar refractivity (Wildman–Crippen MR) is 94.4 cm³/mol. The van der Waals surface area contributed by atoms with E-state index in [0.717, 1.165) is 0 Å². The number of sulfone groups is 1. The first-order valence-electron chi connectivity index (χ1n) is 8.68. The largest absolute Gasteiger partial charge is 0.384 e. The first-order valence-corrected chi connectivity index (χ1v) is 12.1. The van der Waals surface area contributed by atoms with Gasteiger partial charge in [-0.25, -0.2) is 21.1 Å². The average Bonchev–Trinajstić information content (AvgIpc) is 2.93. The Bertz CT molecular complexity index is 668. The molecule has 0 radical (unpaired) electrons. The Hall–Kier alpha value is -0.710.